The van der Waals surface area contributed by atoms with Gasteiger partial charge in [-0.2, -0.15) is 0 Å². The molecule has 7 heteroatoms. The summed E-state index contributed by atoms with van der Waals surface area (Å²) in [6.07, 6.45) is 3.48. The third-order valence-corrected chi connectivity index (χ3v) is 8.08. The van der Waals surface area contributed by atoms with Crippen LogP contribution in [0.15, 0.2) is 42.5 Å². The van der Waals surface area contributed by atoms with Gasteiger partial charge in [-0.25, -0.2) is 17.5 Å². The Kier molecular flexibility index (Phi) is 6.77. The lowest BCUT2D eigenvalue weighted by Gasteiger charge is -2.32. The molecule has 2 N–H and O–H groups in total. The molecule has 4 rings (SSSR count). The number of hydrogen-bond donors (Lipinski definition) is 2. The van der Waals surface area contributed by atoms with Gasteiger partial charge in [0.1, 0.15) is 12.0 Å². The van der Waals surface area contributed by atoms with E-state index in [4.69, 9.17) is 0 Å². The van der Waals surface area contributed by atoms with Crippen LogP contribution in [0.2, 0.25) is 0 Å². The topological polar surface area (TPSA) is 69.6 Å². The van der Waals surface area contributed by atoms with Gasteiger partial charge in [0.25, 0.3) is 0 Å². The van der Waals surface area contributed by atoms with Crippen molar-refractivity contribution in [3.63, 3.8) is 0 Å². The van der Waals surface area contributed by atoms with Gasteiger partial charge in [-0.3, -0.25) is 4.90 Å². The largest absolute Gasteiger partial charge is 0.378 e. The predicted octanol–water partition coefficient (Wildman–Crippen LogP) is 3.46. The first-order chi connectivity index (χ1) is 14.9. The normalized spacial score (nSPS) is 25.1. The van der Waals surface area contributed by atoms with Crippen LogP contribution in [0.25, 0.3) is 11.1 Å². The van der Waals surface area contributed by atoms with Crippen LogP contribution in [0.1, 0.15) is 43.7 Å². The second-order valence-electron chi connectivity index (χ2n) is 8.59. The molecule has 0 radical (unpaired) electrons. The van der Waals surface area contributed by atoms with Gasteiger partial charge in [0.05, 0.1) is 5.75 Å². The Morgan fingerprint density at radius 3 is 2.61 bits per heavy atom. The number of hydrogen-bond acceptors (Lipinski definition) is 4. The number of sulfonamides is 1. The summed E-state index contributed by atoms with van der Waals surface area (Å²) >= 11 is 0. The van der Waals surface area contributed by atoms with Gasteiger partial charge in [-0.1, -0.05) is 42.5 Å². The molecule has 3 atom stereocenters. The number of fused-ring (bicyclic) bond motifs is 5. The van der Waals surface area contributed by atoms with Gasteiger partial charge in [0.2, 0.25) is 10.0 Å². The summed E-state index contributed by atoms with van der Waals surface area (Å²) in [5, 5.41) is 10.9. The maximum absolute atomic E-state index is 15.7. The minimum Gasteiger partial charge on any atom is -0.378 e. The molecule has 0 aromatic heterocycles. The van der Waals surface area contributed by atoms with E-state index in [0.29, 0.717) is 36.9 Å². The van der Waals surface area contributed by atoms with E-state index in [1.807, 2.05) is 41.3 Å². The molecular weight excluding hydrogens is 415 g/mol. The average Bonchev–Trinajstić information content (AvgIpc) is 3.14. The molecule has 3 unspecified atom stereocenters. The summed E-state index contributed by atoms with van der Waals surface area (Å²) < 4.78 is 43.0. The Morgan fingerprint density at radius 2 is 1.81 bits per heavy atom. The zero-order valence-corrected chi connectivity index (χ0v) is 18.7. The van der Waals surface area contributed by atoms with Crippen LogP contribution in [0.5, 0.6) is 0 Å². The van der Waals surface area contributed by atoms with Gasteiger partial charge in [-0.05, 0) is 62.1 Å². The van der Waals surface area contributed by atoms with Gasteiger partial charge in [0.15, 0.2) is 0 Å². The Bertz CT molecular complexity index is 1030. The third kappa shape index (κ3) is 4.85. The first-order valence-corrected chi connectivity index (χ1v) is 12.8. The fraction of sp³-hybridized carbons (Fsp3) is 0.500. The van der Waals surface area contributed by atoms with Crippen LogP contribution in [0, 0.1) is 5.82 Å². The molecule has 2 aliphatic rings. The zero-order chi connectivity index (χ0) is 22.0. The van der Waals surface area contributed by atoms with Crippen LogP contribution in [0.4, 0.5) is 4.39 Å². The van der Waals surface area contributed by atoms with Crippen LogP contribution >= 0.6 is 0 Å². The molecular formula is C24H31FN2O3S. The minimum absolute atomic E-state index is 0.000591. The summed E-state index contributed by atoms with van der Waals surface area (Å²) in [7, 11) is -3.40. The average molecular weight is 447 g/mol. The second kappa shape index (κ2) is 9.36. The highest BCUT2D eigenvalue weighted by molar-refractivity contribution is 7.89. The highest BCUT2D eigenvalue weighted by Gasteiger charge is 2.39. The molecule has 2 bridgehead atoms. The van der Waals surface area contributed by atoms with Crippen molar-refractivity contribution in [1.29, 1.82) is 0 Å². The molecule has 0 saturated carbocycles. The SMILES string of the molecule is CCS(=O)(=O)NC1CCN2C(O)CCCCc3ccccc3-c3cccc(c3F)CC12. The fourth-order valence-corrected chi connectivity index (χ4v) is 5.84. The Balaban J connectivity index is 1.75. The van der Waals surface area contributed by atoms with Crippen molar-refractivity contribution in [2.24, 2.45) is 0 Å². The smallest absolute Gasteiger partial charge is 0.211 e. The maximum Gasteiger partial charge on any atom is 0.211 e. The molecule has 0 amide bonds. The number of aliphatic hydroxyl groups is 1. The lowest BCUT2D eigenvalue weighted by molar-refractivity contribution is -0.0146. The third-order valence-electron chi connectivity index (χ3n) is 6.66. The number of aryl methyl sites for hydroxylation is 1. The van der Waals surface area contributed by atoms with Crippen LogP contribution < -0.4 is 4.72 Å². The monoisotopic (exact) mass is 446 g/mol. The number of rotatable bonds is 3. The van der Waals surface area contributed by atoms with E-state index in [9.17, 15) is 13.5 Å². The van der Waals surface area contributed by atoms with E-state index < -0.39 is 16.3 Å². The summed E-state index contributed by atoms with van der Waals surface area (Å²) in [6.45, 7) is 2.19. The number of benzene rings is 2. The Morgan fingerprint density at radius 1 is 1.06 bits per heavy atom. The molecule has 1 fully saturated rings. The highest BCUT2D eigenvalue weighted by Crippen LogP contribution is 2.33. The van der Waals surface area contributed by atoms with Crippen molar-refractivity contribution in [2.45, 2.75) is 63.8 Å². The van der Waals surface area contributed by atoms with E-state index in [-0.39, 0.29) is 23.7 Å². The summed E-state index contributed by atoms with van der Waals surface area (Å²) in [4.78, 5) is 1.96. The van der Waals surface area contributed by atoms with Crippen molar-refractivity contribution >= 4 is 10.0 Å². The zero-order valence-electron chi connectivity index (χ0n) is 17.9. The molecule has 0 spiro atoms. The fourth-order valence-electron chi connectivity index (χ4n) is 4.94. The second-order valence-corrected chi connectivity index (χ2v) is 10.6. The van der Waals surface area contributed by atoms with Crippen LogP contribution in [-0.2, 0) is 22.9 Å². The minimum atomic E-state index is -3.40. The molecule has 2 heterocycles. The standard InChI is InChI=1S/C24H31FN2O3S/c1-2-31(29,30)26-21-14-15-27-22(21)16-18-10-7-12-20(24(18)25)19-11-5-3-8-17(19)9-4-6-13-23(27)28/h3,5,7-8,10-12,21-23,26,28H,2,4,6,9,13-16H2,1H3. The highest BCUT2D eigenvalue weighted by atomic mass is 32.2. The molecule has 2 aliphatic heterocycles. The van der Waals surface area contributed by atoms with E-state index in [1.54, 1.807) is 13.0 Å². The lowest BCUT2D eigenvalue weighted by Crippen LogP contribution is -2.49. The number of nitrogens with one attached hydrogen (secondary N) is 1. The summed E-state index contributed by atoms with van der Waals surface area (Å²) in [5.41, 5.74) is 3.16. The number of aliphatic hydroxyl groups excluding tert-OH is 1. The summed E-state index contributed by atoms with van der Waals surface area (Å²) in [5.74, 6) is -0.257. The molecule has 2 aromatic rings. The van der Waals surface area contributed by atoms with E-state index in [0.717, 1.165) is 30.4 Å². The van der Waals surface area contributed by atoms with Gasteiger partial charge in [-0.15, -0.1) is 0 Å². The quantitative estimate of drug-likeness (QED) is 0.758. The summed E-state index contributed by atoms with van der Waals surface area (Å²) in [6, 6.07) is 12.7. The first-order valence-electron chi connectivity index (χ1n) is 11.2. The van der Waals surface area contributed by atoms with Gasteiger partial charge < -0.3 is 5.11 Å². The van der Waals surface area contributed by atoms with Crippen LogP contribution in [0.3, 0.4) is 0 Å². The van der Waals surface area contributed by atoms with Crippen molar-refractivity contribution in [3.8, 4) is 11.1 Å². The van der Waals surface area contributed by atoms with Crippen molar-refractivity contribution in [2.75, 3.05) is 12.3 Å². The molecule has 0 aliphatic carbocycles. The molecule has 31 heavy (non-hydrogen) atoms. The van der Waals surface area contributed by atoms with Gasteiger partial charge in [0, 0.05) is 24.2 Å². The number of halogens is 1. The molecule has 1 saturated heterocycles. The van der Waals surface area contributed by atoms with Crippen molar-refractivity contribution in [3.05, 3.63) is 59.4 Å². The van der Waals surface area contributed by atoms with Crippen molar-refractivity contribution in [1.82, 2.24) is 9.62 Å². The maximum atomic E-state index is 15.7. The number of nitrogens with zero attached hydrogens (tertiary/aromatic N) is 1. The molecule has 5 nitrogen and oxygen atoms in total. The predicted molar refractivity (Wildman–Crippen MR) is 121 cm³/mol. The Labute approximate surface area is 184 Å². The van der Waals surface area contributed by atoms with Crippen LogP contribution in [-0.4, -0.2) is 49.0 Å². The van der Waals surface area contributed by atoms with E-state index in [2.05, 4.69) is 4.72 Å². The molecule has 168 valence electrons. The van der Waals surface area contributed by atoms with E-state index >= 15 is 4.39 Å². The Hall–Kier alpha value is -1.80. The first kappa shape index (κ1) is 22.4. The lowest BCUT2D eigenvalue weighted by atomic mass is 9.92. The van der Waals surface area contributed by atoms with E-state index in [1.165, 1.54) is 0 Å². The molecule has 2 aromatic carbocycles. The van der Waals surface area contributed by atoms with Crippen molar-refractivity contribution < 1.29 is 17.9 Å². The van der Waals surface area contributed by atoms with Gasteiger partial charge >= 0.3 is 0 Å².